The van der Waals surface area contributed by atoms with E-state index in [9.17, 15) is 14.9 Å². The molecule has 1 heterocycles. The number of benzene rings is 3. The molecule has 1 N–H and O–H groups in total. The van der Waals surface area contributed by atoms with Crippen molar-refractivity contribution >= 4 is 58.2 Å². The molecule has 1 atom stereocenters. The fourth-order valence-electron chi connectivity index (χ4n) is 3.90. The van der Waals surface area contributed by atoms with E-state index in [1.807, 2.05) is 44.2 Å². The molecule has 1 unspecified atom stereocenters. The van der Waals surface area contributed by atoms with E-state index in [0.717, 1.165) is 16.7 Å². The van der Waals surface area contributed by atoms with Gasteiger partial charge in [-0.05, 0) is 73.4 Å². The number of anilines is 2. The number of rotatable bonds is 6. The average molecular weight is 552 g/mol. The molecule has 0 bridgehead atoms. The van der Waals surface area contributed by atoms with E-state index >= 15 is 0 Å². The SMILES string of the molecule is COc1ccccc1NC(=O)/C(C#N)=C1\SC(Cc2ccc(Cl)c(Cl)c2)C(=O)N1c1ccc(C)c(C)c1. The van der Waals surface area contributed by atoms with Crippen molar-refractivity contribution in [3.63, 3.8) is 0 Å². The minimum Gasteiger partial charge on any atom is -0.495 e. The quantitative estimate of drug-likeness (QED) is 0.272. The maximum Gasteiger partial charge on any atom is 0.269 e. The van der Waals surface area contributed by atoms with Gasteiger partial charge in [0, 0.05) is 5.69 Å². The number of carbonyl (C=O) groups is 2. The number of hydrogen-bond acceptors (Lipinski definition) is 5. The molecule has 0 aromatic heterocycles. The van der Waals surface area contributed by atoms with E-state index in [0.29, 0.717) is 33.6 Å². The second-order valence-corrected chi connectivity index (χ2v) is 10.5. The van der Waals surface area contributed by atoms with E-state index in [2.05, 4.69) is 5.32 Å². The van der Waals surface area contributed by atoms with Gasteiger partial charge in [0.1, 0.15) is 22.4 Å². The van der Waals surface area contributed by atoms with Crippen LogP contribution in [0, 0.1) is 25.2 Å². The third kappa shape index (κ3) is 5.62. The highest BCUT2D eigenvalue weighted by molar-refractivity contribution is 8.05. The first kappa shape index (κ1) is 26.6. The van der Waals surface area contributed by atoms with E-state index < -0.39 is 11.2 Å². The van der Waals surface area contributed by atoms with Gasteiger partial charge in [0.15, 0.2) is 0 Å². The first-order valence-corrected chi connectivity index (χ1v) is 13.0. The summed E-state index contributed by atoms with van der Waals surface area (Å²) in [5.74, 6) is -0.407. The number of methoxy groups -OCH3 is 1. The van der Waals surface area contributed by atoms with Crippen molar-refractivity contribution in [3.8, 4) is 11.8 Å². The van der Waals surface area contributed by atoms with Crippen molar-refractivity contribution in [1.82, 2.24) is 0 Å². The molecule has 2 amide bonds. The van der Waals surface area contributed by atoms with Crippen LogP contribution in [0.15, 0.2) is 71.3 Å². The van der Waals surface area contributed by atoms with E-state index in [1.165, 1.54) is 23.8 Å². The van der Waals surface area contributed by atoms with E-state index in [4.69, 9.17) is 27.9 Å². The van der Waals surface area contributed by atoms with Crippen LogP contribution in [0.2, 0.25) is 10.0 Å². The van der Waals surface area contributed by atoms with Gasteiger partial charge < -0.3 is 10.1 Å². The summed E-state index contributed by atoms with van der Waals surface area (Å²) in [7, 11) is 1.50. The van der Waals surface area contributed by atoms with Crippen LogP contribution in [-0.2, 0) is 16.0 Å². The Labute approximate surface area is 229 Å². The Morgan fingerprint density at radius 1 is 1.08 bits per heavy atom. The molecule has 0 spiro atoms. The number of hydrogen-bond donors (Lipinski definition) is 1. The zero-order valence-corrected chi connectivity index (χ0v) is 22.7. The summed E-state index contributed by atoms with van der Waals surface area (Å²) in [6.45, 7) is 3.92. The highest BCUT2D eigenvalue weighted by Crippen LogP contribution is 2.43. The topological polar surface area (TPSA) is 82.4 Å². The summed E-state index contributed by atoms with van der Waals surface area (Å²) in [4.78, 5) is 28.5. The molecular formula is C28H23Cl2N3O3S. The van der Waals surface area contributed by atoms with E-state index in [1.54, 1.807) is 36.4 Å². The van der Waals surface area contributed by atoms with Gasteiger partial charge in [0.2, 0.25) is 5.91 Å². The van der Waals surface area contributed by atoms with Gasteiger partial charge in [0.25, 0.3) is 5.91 Å². The molecule has 1 saturated heterocycles. The Morgan fingerprint density at radius 3 is 2.51 bits per heavy atom. The van der Waals surface area contributed by atoms with Crippen molar-refractivity contribution in [3.05, 3.63) is 98.0 Å². The van der Waals surface area contributed by atoms with Crippen LogP contribution in [-0.4, -0.2) is 24.2 Å². The van der Waals surface area contributed by atoms with Gasteiger partial charge >= 0.3 is 0 Å². The first-order valence-electron chi connectivity index (χ1n) is 11.3. The molecular weight excluding hydrogens is 529 g/mol. The first-order chi connectivity index (χ1) is 17.7. The van der Waals surface area contributed by atoms with E-state index in [-0.39, 0.29) is 16.5 Å². The van der Waals surface area contributed by atoms with Crippen molar-refractivity contribution in [1.29, 1.82) is 5.26 Å². The molecule has 1 aliphatic heterocycles. The summed E-state index contributed by atoms with van der Waals surface area (Å²) in [5.41, 5.74) is 3.71. The zero-order chi connectivity index (χ0) is 26.7. The van der Waals surface area contributed by atoms with Crippen molar-refractivity contribution in [2.24, 2.45) is 0 Å². The highest BCUT2D eigenvalue weighted by Gasteiger charge is 2.41. The summed E-state index contributed by atoms with van der Waals surface area (Å²) >= 11 is 13.4. The highest BCUT2D eigenvalue weighted by atomic mass is 35.5. The van der Waals surface area contributed by atoms with Gasteiger partial charge in [-0.15, -0.1) is 0 Å². The lowest BCUT2D eigenvalue weighted by Crippen LogP contribution is -2.31. The number of thioether (sulfide) groups is 1. The minimum absolute atomic E-state index is 0.167. The molecule has 0 aliphatic carbocycles. The summed E-state index contributed by atoms with van der Waals surface area (Å²) in [6, 6.07) is 19.7. The van der Waals surface area contributed by atoms with Crippen LogP contribution >= 0.6 is 35.0 Å². The second-order valence-electron chi connectivity index (χ2n) is 8.45. The minimum atomic E-state index is -0.633. The molecule has 188 valence electrons. The molecule has 3 aromatic rings. The Hall–Kier alpha value is -3.44. The van der Waals surface area contributed by atoms with Crippen LogP contribution in [0.1, 0.15) is 16.7 Å². The molecule has 3 aromatic carbocycles. The Bertz CT molecular complexity index is 1470. The number of nitrogens with zero attached hydrogens (tertiary/aromatic N) is 2. The third-order valence-corrected chi connectivity index (χ3v) is 8.02. The Kier molecular flexibility index (Phi) is 8.13. The van der Waals surface area contributed by atoms with Gasteiger partial charge in [-0.2, -0.15) is 5.26 Å². The second kappa shape index (κ2) is 11.3. The smallest absolute Gasteiger partial charge is 0.269 e. The van der Waals surface area contributed by atoms with Crippen molar-refractivity contribution < 1.29 is 14.3 Å². The lowest BCUT2D eigenvalue weighted by Gasteiger charge is -2.20. The summed E-state index contributed by atoms with van der Waals surface area (Å²) in [6.07, 6.45) is 0.345. The van der Waals surface area contributed by atoms with Crippen LogP contribution in [0.4, 0.5) is 11.4 Å². The van der Waals surface area contributed by atoms with Gasteiger partial charge in [-0.3, -0.25) is 14.5 Å². The molecule has 4 rings (SSSR count). The number of ether oxygens (including phenoxy) is 1. The number of para-hydroxylation sites is 2. The molecule has 1 fully saturated rings. The third-order valence-electron chi connectivity index (χ3n) is 6.01. The number of halogens is 2. The molecule has 1 aliphatic rings. The van der Waals surface area contributed by atoms with Gasteiger partial charge in [-0.1, -0.05) is 59.2 Å². The monoisotopic (exact) mass is 551 g/mol. The number of carbonyl (C=O) groups excluding carboxylic acids is 2. The van der Waals surface area contributed by atoms with Crippen LogP contribution in [0.3, 0.4) is 0 Å². The van der Waals surface area contributed by atoms with Gasteiger partial charge in [0.05, 0.1) is 28.1 Å². The van der Waals surface area contributed by atoms with Gasteiger partial charge in [-0.25, -0.2) is 0 Å². The van der Waals surface area contributed by atoms with Crippen LogP contribution < -0.4 is 15.0 Å². The molecule has 9 heteroatoms. The molecule has 0 saturated carbocycles. The molecule has 6 nitrogen and oxygen atoms in total. The van der Waals surface area contributed by atoms with Crippen molar-refractivity contribution in [2.45, 2.75) is 25.5 Å². The Morgan fingerprint density at radius 2 is 1.84 bits per heavy atom. The van der Waals surface area contributed by atoms with Crippen LogP contribution in [0.25, 0.3) is 0 Å². The number of amides is 2. The number of aryl methyl sites for hydroxylation is 2. The van der Waals surface area contributed by atoms with Crippen LogP contribution in [0.5, 0.6) is 5.75 Å². The maximum absolute atomic E-state index is 13.7. The maximum atomic E-state index is 13.7. The van der Waals surface area contributed by atoms with Crippen molar-refractivity contribution in [2.75, 3.05) is 17.3 Å². The fourth-order valence-corrected chi connectivity index (χ4v) is 5.53. The average Bonchev–Trinajstić information content (AvgIpc) is 3.19. The number of nitriles is 1. The lowest BCUT2D eigenvalue weighted by atomic mass is 10.1. The largest absolute Gasteiger partial charge is 0.495 e. The zero-order valence-electron chi connectivity index (χ0n) is 20.3. The number of nitrogens with one attached hydrogen (secondary N) is 1. The summed E-state index contributed by atoms with van der Waals surface area (Å²) in [5, 5.41) is 13.3. The fraction of sp³-hybridized carbons (Fsp3) is 0.179. The lowest BCUT2D eigenvalue weighted by molar-refractivity contribution is -0.117. The predicted octanol–water partition coefficient (Wildman–Crippen LogP) is 6.68. The predicted molar refractivity (Wildman–Crippen MR) is 149 cm³/mol. The standard InChI is InChI=1S/C28H23Cl2N3O3S/c1-16-8-10-19(12-17(16)2)33-27(35)25(14-18-9-11-21(29)22(30)13-18)37-28(33)20(15-31)26(34)32-23-6-4-5-7-24(23)36-3/h4-13,25H,14H2,1-3H3,(H,32,34)/b28-20-. The summed E-state index contributed by atoms with van der Waals surface area (Å²) < 4.78 is 5.31. The molecule has 0 radical (unpaired) electrons. The molecule has 37 heavy (non-hydrogen) atoms. The Balaban J connectivity index is 1.76. The normalized spacial score (nSPS) is 16.4.